The molecule has 0 aliphatic carbocycles. The maximum Gasteiger partial charge on any atom is 0.168 e. The van der Waals surface area contributed by atoms with Crippen LogP contribution in [0.25, 0.3) is 0 Å². The van der Waals surface area contributed by atoms with Crippen LogP contribution in [0.15, 0.2) is 18.2 Å². The summed E-state index contributed by atoms with van der Waals surface area (Å²) in [4.78, 5) is 12.0. The van der Waals surface area contributed by atoms with Crippen molar-refractivity contribution in [2.45, 2.75) is 12.7 Å². The summed E-state index contributed by atoms with van der Waals surface area (Å²) < 4.78 is 20.2. The number of hydrogen-bond donors (Lipinski definition) is 0. The number of Topliss-reactive ketones (excluding diaryl/α,β-unsaturated/α-hetero) is 1. The molecule has 18 heavy (non-hydrogen) atoms. The van der Waals surface area contributed by atoms with Crippen molar-refractivity contribution in [1.82, 2.24) is 0 Å². The van der Waals surface area contributed by atoms with Gasteiger partial charge in [-0.25, -0.2) is 0 Å². The van der Waals surface area contributed by atoms with Crippen molar-refractivity contribution in [3.8, 4) is 11.5 Å². The molecule has 5 heteroatoms. The lowest BCUT2D eigenvalue weighted by atomic mass is 10.1. The van der Waals surface area contributed by atoms with E-state index < -0.39 is 6.29 Å². The van der Waals surface area contributed by atoms with Crippen molar-refractivity contribution in [1.29, 1.82) is 0 Å². The Morgan fingerprint density at radius 3 is 2.17 bits per heavy atom. The molecule has 0 saturated heterocycles. The summed E-state index contributed by atoms with van der Waals surface area (Å²) in [5, 5.41) is 0. The molecule has 0 heterocycles. The van der Waals surface area contributed by atoms with E-state index in [2.05, 4.69) is 0 Å². The quantitative estimate of drug-likeness (QED) is 0.549. The molecule has 0 radical (unpaired) electrons. The molecule has 1 aromatic rings. The summed E-state index contributed by atoms with van der Waals surface area (Å²) in [5.74, 6) is 1.03. The molecule has 0 unspecified atom stereocenters. The van der Waals surface area contributed by atoms with Gasteiger partial charge in [0.2, 0.25) is 0 Å². The number of ether oxygens (including phenoxy) is 4. The number of carbonyl (C=O) groups excluding carboxylic acids is 1. The van der Waals surface area contributed by atoms with Gasteiger partial charge >= 0.3 is 0 Å². The fourth-order valence-electron chi connectivity index (χ4n) is 1.54. The van der Waals surface area contributed by atoms with Gasteiger partial charge in [0.25, 0.3) is 0 Å². The summed E-state index contributed by atoms with van der Waals surface area (Å²) >= 11 is 0. The Hall–Kier alpha value is -1.59. The summed E-state index contributed by atoms with van der Waals surface area (Å²) in [6.45, 7) is 0. The van der Waals surface area contributed by atoms with Gasteiger partial charge in [-0.2, -0.15) is 0 Å². The molecular formula is C13H18O5. The molecule has 1 rings (SSSR count). The van der Waals surface area contributed by atoms with E-state index >= 15 is 0 Å². The van der Waals surface area contributed by atoms with Crippen molar-refractivity contribution in [3.05, 3.63) is 23.8 Å². The number of benzene rings is 1. The standard InChI is InChI=1S/C13H18O5/c1-15-11-6-5-9(7-12(11)16-2)10(14)8-13(17-3)18-4/h5-7,13H,8H2,1-4H3. The Kier molecular flexibility index (Phi) is 5.61. The highest BCUT2D eigenvalue weighted by atomic mass is 16.7. The molecule has 0 aromatic heterocycles. The molecule has 5 nitrogen and oxygen atoms in total. The maximum absolute atomic E-state index is 12.0. The van der Waals surface area contributed by atoms with Crippen LogP contribution in [0.5, 0.6) is 11.5 Å². The van der Waals surface area contributed by atoms with Crippen LogP contribution in [0, 0.1) is 0 Å². The molecule has 100 valence electrons. The molecule has 0 spiro atoms. The first-order valence-corrected chi connectivity index (χ1v) is 5.47. The van der Waals surface area contributed by atoms with Crippen molar-refractivity contribution < 1.29 is 23.7 Å². The Bertz CT molecular complexity index is 398. The Morgan fingerprint density at radius 1 is 1.06 bits per heavy atom. The van der Waals surface area contributed by atoms with E-state index in [9.17, 15) is 4.79 Å². The first kappa shape index (κ1) is 14.5. The average Bonchev–Trinajstić information content (AvgIpc) is 2.43. The highest BCUT2D eigenvalue weighted by Crippen LogP contribution is 2.28. The predicted molar refractivity (Wildman–Crippen MR) is 66.3 cm³/mol. The largest absolute Gasteiger partial charge is 0.493 e. The highest BCUT2D eigenvalue weighted by Gasteiger charge is 2.15. The SMILES string of the molecule is COc1ccc(C(=O)CC(OC)OC)cc1OC. The van der Waals surface area contributed by atoms with Crippen molar-refractivity contribution in [3.63, 3.8) is 0 Å². The molecule has 0 bridgehead atoms. The topological polar surface area (TPSA) is 54.0 Å². The number of ketones is 1. The smallest absolute Gasteiger partial charge is 0.168 e. The Balaban J connectivity index is 2.86. The average molecular weight is 254 g/mol. The van der Waals surface area contributed by atoms with Gasteiger partial charge in [0.15, 0.2) is 23.6 Å². The minimum Gasteiger partial charge on any atom is -0.493 e. The zero-order chi connectivity index (χ0) is 13.5. The molecule has 0 aliphatic heterocycles. The third-order valence-corrected chi connectivity index (χ3v) is 2.58. The van der Waals surface area contributed by atoms with Gasteiger partial charge in [-0.05, 0) is 18.2 Å². The number of hydrogen-bond acceptors (Lipinski definition) is 5. The first-order valence-electron chi connectivity index (χ1n) is 5.47. The first-order chi connectivity index (χ1) is 8.65. The van der Waals surface area contributed by atoms with Gasteiger partial charge in [0.1, 0.15) is 0 Å². The van der Waals surface area contributed by atoms with Gasteiger partial charge in [0, 0.05) is 19.8 Å². The molecule has 0 fully saturated rings. The lowest BCUT2D eigenvalue weighted by Gasteiger charge is -2.13. The Labute approximate surface area is 107 Å². The van der Waals surface area contributed by atoms with Gasteiger partial charge in [-0.1, -0.05) is 0 Å². The highest BCUT2D eigenvalue weighted by molar-refractivity contribution is 5.96. The van der Waals surface area contributed by atoms with Gasteiger partial charge < -0.3 is 18.9 Å². The molecule has 0 saturated carbocycles. The van der Waals surface area contributed by atoms with Crippen LogP contribution < -0.4 is 9.47 Å². The summed E-state index contributed by atoms with van der Waals surface area (Å²) in [7, 11) is 6.07. The maximum atomic E-state index is 12.0. The summed E-state index contributed by atoms with van der Waals surface area (Å²) in [5.41, 5.74) is 0.534. The van der Waals surface area contributed by atoms with Gasteiger partial charge in [-0.15, -0.1) is 0 Å². The normalized spacial score (nSPS) is 10.5. The summed E-state index contributed by atoms with van der Waals surface area (Å²) in [6, 6.07) is 5.02. The number of methoxy groups -OCH3 is 4. The van der Waals surface area contributed by atoms with Crippen LogP contribution in [0.1, 0.15) is 16.8 Å². The van der Waals surface area contributed by atoms with E-state index in [4.69, 9.17) is 18.9 Å². The molecular weight excluding hydrogens is 236 g/mol. The number of carbonyl (C=O) groups is 1. The molecule has 0 aliphatic rings. The molecule has 1 aromatic carbocycles. The van der Waals surface area contributed by atoms with Gasteiger partial charge in [0.05, 0.1) is 20.6 Å². The van der Waals surface area contributed by atoms with Crippen LogP contribution in [0.2, 0.25) is 0 Å². The zero-order valence-corrected chi connectivity index (χ0v) is 11.1. The van der Waals surface area contributed by atoms with Crippen molar-refractivity contribution >= 4 is 5.78 Å². The van der Waals surface area contributed by atoms with Crippen LogP contribution in [0.3, 0.4) is 0 Å². The second-order valence-corrected chi connectivity index (χ2v) is 3.60. The van der Waals surface area contributed by atoms with Crippen LogP contribution in [0.4, 0.5) is 0 Å². The van der Waals surface area contributed by atoms with E-state index in [1.165, 1.54) is 21.3 Å². The third kappa shape index (κ3) is 3.45. The van der Waals surface area contributed by atoms with E-state index in [0.717, 1.165) is 0 Å². The van der Waals surface area contributed by atoms with E-state index in [0.29, 0.717) is 17.1 Å². The minimum atomic E-state index is -0.536. The van der Waals surface area contributed by atoms with Crippen molar-refractivity contribution in [2.24, 2.45) is 0 Å². The zero-order valence-electron chi connectivity index (χ0n) is 11.1. The number of rotatable bonds is 7. The molecule has 0 amide bonds. The van der Waals surface area contributed by atoms with Crippen LogP contribution in [-0.4, -0.2) is 40.5 Å². The predicted octanol–water partition coefficient (Wildman–Crippen LogP) is 1.90. The second kappa shape index (κ2) is 6.98. The second-order valence-electron chi connectivity index (χ2n) is 3.60. The van der Waals surface area contributed by atoms with E-state index in [1.807, 2.05) is 0 Å². The lowest BCUT2D eigenvalue weighted by molar-refractivity contribution is -0.0993. The lowest BCUT2D eigenvalue weighted by Crippen LogP contribution is -2.18. The fourth-order valence-corrected chi connectivity index (χ4v) is 1.54. The van der Waals surface area contributed by atoms with Crippen LogP contribution >= 0.6 is 0 Å². The van der Waals surface area contributed by atoms with Crippen LogP contribution in [-0.2, 0) is 9.47 Å². The van der Waals surface area contributed by atoms with E-state index in [1.54, 1.807) is 25.3 Å². The third-order valence-electron chi connectivity index (χ3n) is 2.58. The summed E-state index contributed by atoms with van der Waals surface area (Å²) in [6.07, 6.45) is -0.381. The molecule has 0 atom stereocenters. The van der Waals surface area contributed by atoms with Gasteiger partial charge in [-0.3, -0.25) is 4.79 Å². The van der Waals surface area contributed by atoms with Crippen molar-refractivity contribution in [2.75, 3.05) is 28.4 Å². The Morgan fingerprint density at radius 2 is 1.67 bits per heavy atom. The fraction of sp³-hybridized carbons (Fsp3) is 0.462. The minimum absolute atomic E-state index is 0.0790. The molecule has 0 N–H and O–H groups in total. The van der Waals surface area contributed by atoms with E-state index in [-0.39, 0.29) is 12.2 Å². The monoisotopic (exact) mass is 254 g/mol.